The first-order chi connectivity index (χ1) is 13.4. The fraction of sp³-hybridized carbons (Fsp3) is 0.905. The molecule has 0 radical (unpaired) electrons. The lowest BCUT2D eigenvalue weighted by Gasteiger charge is -2.36. The molecule has 1 N–H and O–H groups in total. The number of likely N-dealkylation sites (tertiary alicyclic amines) is 1. The van der Waals surface area contributed by atoms with Gasteiger partial charge in [0.15, 0.2) is 5.96 Å². The van der Waals surface area contributed by atoms with Crippen LogP contribution in [0.4, 0.5) is 4.79 Å². The molecule has 7 nitrogen and oxygen atoms in total. The summed E-state index contributed by atoms with van der Waals surface area (Å²) in [6, 6.07) is 0. The summed E-state index contributed by atoms with van der Waals surface area (Å²) in [7, 11) is 0.917. The number of carbonyl (C=O) groups is 1. The topological polar surface area (TPSA) is 74.2 Å². The third-order valence-electron chi connectivity index (χ3n) is 4.89. The SMILES string of the molecule is CCN(CC1CCN(C(=NC)NCCS(=O)C(C)(C)C)CC1)C(=O)OC(C)(C)C.I. The molecule has 9 heteroatoms. The third kappa shape index (κ3) is 10.6. The van der Waals surface area contributed by atoms with Crippen LogP contribution in [-0.4, -0.2) is 81.9 Å². The maximum atomic E-state index is 12.4. The molecule has 1 rings (SSSR count). The van der Waals surface area contributed by atoms with E-state index in [2.05, 4.69) is 15.2 Å². The van der Waals surface area contributed by atoms with Gasteiger partial charge in [0, 0.05) is 61.1 Å². The Morgan fingerprint density at radius 1 is 1.20 bits per heavy atom. The van der Waals surface area contributed by atoms with Gasteiger partial charge in [-0.2, -0.15) is 0 Å². The number of nitrogens with zero attached hydrogens (tertiary/aromatic N) is 3. The highest BCUT2D eigenvalue weighted by atomic mass is 127. The fourth-order valence-electron chi connectivity index (χ4n) is 3.19. The Labute approximate surface area is 203 Å². The maximum absolute atomic E-state index is 12.4. The molecule has 0 aromatic heterocycles. The molecule has 1 aliphatic heterocycles. The Morgan fingerprint density at radius 3 is 2.20 bits per heavy atom. The van der Waals surface area contributed by atoms with Gasteiger partial charge in [0.25, 0.3) is 0 Å². The summed E-state index contributed by atoms with van der Waals surface area (Å²) in [5.74, 6) is 1.94. The van der Waals surface area contributed by atoms with Gasteiger partial charge in [-0.25, -0.2) is 4.79 Å². The number of halogens is 1. The number of aliphatic imine (C=N–C) groups is 1. The zero-order chi connectivity index (χ0) is 22.2. The smallest absolute Gasteiger partial charge is 0.410 e. The summed E-state index contributed by atoms with van der Waals surface area (Å²) in [5, 5.41) is 3.35. The number of guanidine groups is 1. The van der Waals surface area contributed by atoms with E-state index in [1.807, 2.05) is 48.5 Å². The summed E-state index contributed by atoms with van der Waals surface area (Å²) >= 11 is 0. The fourth-order valence-corrected chi connectivity index (χ4v) is 4.09. The molecule has 1 saturated heterocycles. The second-order valence-electron chi connectivity index (χ2n) is 9.59. The van der Waals surface area contributed by atoms with Crippen molar-refractivity contribution in [2.75, 3.05) is 45.5 Å². The van der Waals surface area contributed by atoms with Gasteiger partial charge in [0.1, 0.15) is 5.60 Å². The van der Waals surface area contributed by atoms with Crippen molar-refractivity contribution < 1.29 is 13.7 Å². The minimum Gasteiger partial charge on any atom is -0.444 e. The lowest BCUT2D eigenvalue weighted by atomic mass is 9.96. The van der Waals surface area contributed by atoms with Gasteiger partial charge in [-0.15, -0.1) is 24.0 Å². The summed E-state index contributed by atoms with van der Waals surface area (Å²) in [4.78, 5) is 20.8. The number of amides is 1. The predicted octanol–water partition coefficient (Wildman–Crippen LogP) is 3.70. The van der Waals surface area contributed by atoms with Crippen LogP contribution in [0.5, 0.6) is 0 Å². The van der Waals surface area contributed by atoms with Crippen LogP contribution >= 0.6 is 24.0 Å². The van der Waals surface area contributed by atoms with Crippen LogP contribution in [0.25, 0.3) is 0 Å². The molecule has 30 heavy (non-hydrogen) atoms. The Bertz CT molecular complexity index is 580. The van der Waals surface area contributed by atoms with E-state index < -0.39 is 16.4 Å². The van der Waals surface area contributed by atoms with Gasteiger partial charge in [0.2, 0.25) is 0 Å². The van der Waals surface area contributed by atoms with Crippen molar-refractivity contribution in [1.29, 1.82) is 0 Å². The standard InChI is InChI=1S/C21H42N4O3S.HI/c1-9-24(19(26)28-20(2,3)4)16-17-10-13-25(14-11-17)18(22-8)23-12-15-29(27)21(5,6)7;/h17H,9-16H2,1-8H3,(H,22,23);1H. The highest BCUT2D eigenvalue weighted by Gasteiger charge is 2.27. The molecule has 0 spiro atoms. The van der Waals surface area contributed by atoms with Gasteiger partial charge < -0.3 is 19.9 Å². The maximum Gasteiger partial charge on any atom is 0.410 e. The van der Waals surface area contributed by atoms with Crippen molar-refractivity contribution in [3.8, 4) is 0 Å². The summed E-state index contributed by atoms with van der Waals surface area (Å²) < 4.78 is 17.5. The Balaban J connectivity index is 0.00000841. The quantitative estimate of drug-likeness (QED) is 0.306. The molecule has 1 amide bonds. The molecular weight excluding hydrogens is 515 g/mol. The molecule has 0 bridgehead atoms. The molecule has 178 valence electrons. The van der Waals surface area contributed by atoms with E-state index in [4.69, 9.17) is 4.74 Å². The van der Waals surface area contributed by atoms with E-state index in [0.29, 0.717) is 24.8 Å². The number of ether oxygens (including phenoxy) is 1. The average molecular weight is 559 g/mol. The van der Waals surface area contributed by atoms with Crippen molar-refractivity contribution in [2.24, 2.45) is 10.9 Å². The first-order valence-corrected chi connectivity index (χ1v) is 12.0. The number of hydrogen-bond donors (Lipinski definition) is 1. The molecule has 1 atom stereocenters. The second kappa shape index (κ2) is 13.1. The molecule has 0 aromatic carbocycles. The van der Waals surface area contributed by atoms with Crippen LogP contribution < -0.4 is 5.32 Å². The predicted molar refractivity (Wildman–Crippen MR) is 137 cm³/mol. The summed E-state index contributed by atoms with van der Waals surface area (Å²) in [6.07, 6.45) is 1.79. The van der Waals surface area contributed by atoms with E-state index in [1.165, 1.54) is 0 Å². The Kier molecular flexibility index (Phi) is 12.8. The lowest BCUT2D eigenvalue weighted by Crippen LogP contribution is -2.48. The van der Waals surface area contributed by atoms with Crippen molar-refractivity contribution in [3.63, 3.8) is 0 Å². The summed E-state index contributed by atoms with van der Waals surface area (Å²) in [6.45, 7) is 17.5. The van der Waals surface area contributed by atoms with E-state index >= 15 is 0 Å². The monoisotopic (exact) mass is 558 g/mol. The molecule has 0 aromatic rings. The molecule has 1 heterocycles. The van der Waals surface area contributed by atoms with Crippen LogP contribution in [-0.2, 0) is 15.5 Å². The minimum atomic E-state index is -0.872. The zero-order valence-corrected chi connectivity index (χ0v) is 23.3. The number of hydrogen-bond acceptors (Lipinski definition) is 4. The molecule has 1 unspecified atom stereocenters. The Morgan fingerprint density at radius 2 is 1.77 bits per heavy atom. The lowest BCUT2D eigenvalue weighted by molar-refractivity contribution is 0.0214. The van der Waals surface area contributed by atoms with E-state index in [0.717, 1.165) is 38.4 Å². The van der Waals surface area contributed by atoms with Crippen LogP contribution in [0, 0.1) is 5.92 Å². The van der Waals surface area contributed by atoms with E-state index in [-0.39, 0.29) is 34.8 Å². The molecule has 0 saturated carbocycles. The van der Waals surface area contributed by atoms with Gasteiger partial charge in [-0.1, -0.05) is 0 Å². The van der Waals surface area contributed by atoms with E-state index in [1.54, 1.807) is 11.9 Å². The van der Waals surface area contributed by atoms with Gasteiger partial charge in [-0.05, 0) is 67.2 Å². The number of rotatable bonds is 6. The summed E-state index contributed by atoms with van der Waals surface area (Å²) in [5.41, 5.74) is -0.470. The average Bonchev–Trinajstić information content (AvgIpc) is 2.61. The van der Waals surface area contributed by atoms with Crippen molar-refractivity contribution >= 4 is 46.8 Å². The highest BCUT2D eigenvalue weighted by molar-refractivity contribution is 14.0. The van der Waals surface area contributed by atoms with Crippen LogP contribution in [0.1, 0.15) is 61.3 Å². The van der Waals surface area contributed by atoms with Gasteiger partial charge in [-0.3, -0.25) is 9.20 Å². The third-order valence-corrected chi connectivity index (χ3v) is 6.83. The zero-order valence-electron chi connectivity index (χ0n) is 20.1. The van der Waals surface area contributed by atoms with Crippen molar-refractivity contribution in [1.82, 2.24) is 15.1 Å². The Hall–Kier alpha value is -0.580. The largest absolute Gasteiger partial charge is 0.444 e. The minimum absolute atomic E-state index is 0. The van der Waals surface area contributed by atoms with Crippen molar-refractivity contribution in [2.45, 2.75) is 71.7 Å². The molecule has 0 aliphatic carbocycles. The first-order valence-electron chi connectivity index (χ1n) is 10.7. The molecule has 1 aliphatic rings. The highest BCUT2D eigenvalue weighted by Crippen LogP contribution is 2.20. The normalized spacial score (nSPS) is 17.2. The first kappa shape index (κ1) is 29.4. The second-order valence-corrected chi connectivity index (χ2v) is 11.9. The van der Waals surface area contributed by atoms with E-state index in [9.17, 15) is 9.00 Å². The van der Waals surface area contributed by atoms with Crippen molar-refractivity contribution in [3.05, 3.63) is 0 Å². The van der Waals surface area contributed by atoms with Crippen LogP contribution in [0.2, 0.25) is 0 Å². The molecular formula is C21H43IN4O3S. The van der Waals surface area contributed by atoms with Gasteiger partial charge in [0.05, 0.1) is 0 Å². The number of nitrogens with one attached hydrogen (secondary N) is 1. The number of carbonyl (C=O) groups excluding carboxylic acids is 1. The van der Waals surface area contributed by atoms with Gasteiger partial charge >= 0.3 is 6.09 Å². The number of piperidine rings is 1. The van der Waals surface area contributed by atoms with Crippen LogP contribution in [0.15, 0.2) is 4.99 Å². The molecule has 1 fully saturated rings. The van der Waals surface area contributed by atoms with Crippen LogP contribution in [0.3, 0.4) is 0 Å².